The quantitative estimate of drug-likeness (QED) is 0.740. The highest BCUT2D eigenvalue weighted by Gasteiger charge is 2.30. The maximum atomic E-state index is 12.4. The fourth-order valence-electron chi connectivity index (χ4n) is 3.32. The zero-order chi connectivity index (χ0) is 18.8. The van der Waals surface area contributed by atoms with Crippen LogP contribution in [0.4, 0.5) is 11.5 Å². The molecular weight excluding hydrogens is 344 g/mol. The molecule has 0 spiro atoms. The number of nitrogens with one attached hydrogen (secondary N) is 2. The van der Waals surface area contributed by atoms with Crippen molar-refractivity contribution in [2.45, 2.75) is 12.5 Å². The van der Waals surface area contributed by atoms with Crippen molar-refractivity contribution >= 4 is 22.4 Å². The highest BCUT2D eigenvalue weighted by molar-refractivity contribution is 5.91. The number of H-pyrrole nitrogens is 1. The Morgan fingerprint density at radius 2 is 2.07 bits per heavy atom. The van der Waals surface area contributed by atoms with Crippen LogP contribution in [0.5, 0.6) is 0 Å². The van der Waals surface area contributed by atoms with Gasteiger partial charge in [0.25, 0.3) is 5.56 Å². The number of ether oxygens (including phenoxy) is 1. The van der Waals surface area contributed by atoms with E-state index in [1.165, 1.54) is 0 Å². The first-order chi connectivity index (χ1) is 13.2. The molecule has 0 radical (unpaired) electrons. The fraction of sp³-hybridized carbons (Fsp3) is 0.263. The molecule has 1 aromatic carbocycles. The van der Waals surface area contributed by atoms with Crippen LogP contribution in [0, 0.1) is 28.6 Å². The van der Waals surface area contributed by atoms with Crippen LogP contribution in [-0.2, 0) is 4.74 Å². The van der Waals surface area contributed by atoms with Gasteiger partial charge in [0.2, 0.25) is 0 Å². The summed E-state index contributed by atoms with van der Waals surface area (Å²) in [5.41, 5.74) is 1.64. The molecule has 4 rings (SSSR count). The van der Waals surface area contributed by atoms with Gasteiger partial charge < -0.3 is 15.0 Å². The molecule has 1 unspecified atom stereocenters. The molecule has 3 heterocycles. The lowest BCUT2D eigenvalue weighted by molar-refractivity contribution is 0.0359. The van der Waals surface area contributed by atoms with Crippen LogP contribution >= 0.6 is 0 Å². The Kier molecular flexibility index (Phi) is 4.33. The van der Waals surface area contributed by atoms with Crippen molar-refractivity contribution in [2.75, 3.05) is 18.5 Å². The van der Waals surface area contributed by atoms with Gasteiger partial charge in [0, 0.05) is 18.5 Å². The van der Waals surface area contributed by atoms with Crippen LogP contribution in [0.1, 0.15) is 18.0 Å². The van der Waals surface area contributed by atoms with E-state index in [0.29, 0.717) is 47.6 Å². The number of aromatic nitrogens is 3. The van der Waals surface area contributed by atoms with Gasteiger partial charge in [-0.3, -0.25) is 9.48 Å². The number of nitriles is 2. The Labute approximate surface area is 154 Å². The van der Waals surface area contributed by atoms with Gasteiger partial charge in [0.1, 0.15) is 5.39 Å². The van der Waals surface area contributed by atoms with Crippen LogP contribution in [0.2, 0.25) is 0 Å². The minimum absolute atomic E-state index is 0.233. The molecule has 0 bridgehead atoms. The van der Waals surface area contributed by atoms with Crippen molar-refractivity contribution in [1.29, 1.82) is 10.5 Å². The summed E-state index contributed by atoms with van der Waals surface area (Å²) < 4.78 is 7.26. The topological polar surface area (TPSA) is 120 Å². The molecule has 0 amide bonds. The summed E-state index contributed by atoms with van der Waals surface area (Å²) >= 11 is 0. The Balaban J connectivity index is 1.80. The lowest BCUT2D eigenvalue weighted by Gasteiger charge is -2.27. The van der Waals surface area contributed by atoms with Gasteiger partial charge in [-0.25, -0.2) is 0 Å². The zero-order valence-corrected chi connectivity index (χ0v) is 14.3. The van der Waals surface area contributed by atoms with Gasteiger partial charge in [-0.15, -0.1) is 0 Å². The number of nitrogens with zero attached hydrogens (tertiary/aromatic N) is 4. The monoisotopic (exact) mass is 360 g/mol. The summed E-state index contributed by atoms with van der Waals surface area (Å²) in [6.07, 6.45) is 2.20. The molecule has 2 atom stereocenters. The van der Waals surface area contributed by atoms with E-state index in [0.717, 1.165) is 0 Å². The van der Waals surface area contributed by atoms with E-state index in [-0.39, 0.29) is 17.5 Å². The average molecular weight is 360 g/mol. The zero-order valence-electron chi connectivity index (χ0n) is 14.3. The fourth-order valence-corrected chi connectivity index (χ4v) is 3.32. The third kappa shape index (κ3) is 3.03. The van der Waals surface area contributed by atoms with Crippen molar-refractivity contribution in [2.24, 2.45) is 5.92 Å². The standard InChI is InChI=1S/C19H16N6O2/c20-9-12-1-3-14(4-2-12)23-18-17-15(5-7-22-19(17)26)25(24-18)16-11-27-8-6-13(16)10-21/h1-5,7,13,16H,6,8,11H2,(H,22,26)(H,23,24)/t13?,16-/m0/s1. The van der Waals surface area contributed by atoms with E-state index in [9.17, 15) is 10.1 Å². The van der Waals surface area contributed by atoms with Crippen LogP contribution in [0.15, 0.2) is 41.3 Å². The van der Waals surface area contributed by atoms with E-state index in [1.807, 2.05) is 0 Å². The largest absolute Gasteiger partial charge is 0.379 e. The second-order valence-electron chi connectivity index (χ2n) is 6.34. The van der Waals surface area contributed by atoms with Gasteiger partial charge in [0.15, 0.2) is 5.82 Å². The van der Waals surface area contributed by atoms with Crippen molar-refractivity contribution in [1.82, 2.24) is 14.8 Å². The Bertz CT molecular complexity index is 1120. The summed E-state index contributed by atoms with van der Waals surface area (Å²) in [6.45, 7) is 0.920. The molecule has 0 aliphatic carbocycles. The molecule has 134 valence electrons. The van der Waals surface area contributed by atoms with Gasteiger partial charge >= 0.3 is 0 Å². The van der Waals surface area contributed by atoms with Crippen molar-refractivity contribution in [3.05, 3.63) is 52.4 Å². The normalized spacial score (nSPS) is 19.3. The van der Waals surface area contributed by atoms with Crippen LogP contribution < -0.4 is 10.9 Å². The third-order valence-electron chi connectivity index (χ3n) is 4.71. The van der Waals surface area contributed by atoms with Crippen LogP contribution in [0.3, 0.4) is 0 Å². The van der Waals surface area contributed by atoms with Crippen molar-refractivity contribution in [3.63, 3.8) is 0 Å². The van der Waals surface area contributed by atoms with Crippen LogP contribution in [-0.4, -0.2) is 28.0 Å². The van der Waals surface area contributed by atoms with Crippen LogP contribution in [0.25, 0.3) is 10.9 Å². The van der Waals surface area contributed by atoms with Gasteiger partial charge in [-0.05, 0) is 36.8 Å². The summed E-state index contributed by atoms with van der Waals surface area (Å²) in [6, 6.07) is 12.8. The molecule has 2 aromatic heterocycles. The first-order valence-corrected chi connectivity index (χ1v) is 8.55. The molecule has 2 N–H and O–H groups in total. The second kappa shape index (κ2) is 6.94. The molecule has 1 aliphatic rings. The molecule has 1 aliphatic heterocycles. The minimum atomic E-state index is -0.264. The SMILES string of the molecule is N#Cc1ccc(Nc2nn([C@H]3COCCC3C#N)c3cc[nH]c(=O)c23)cc1. The van der Waals surface area contributed by atoms with Gasteiger partial charge in [-0.2, -0.15) is 15.6 Å². The molecule has 27 heavy (non-hydrogen) atoms. The second-order valence-corrected chi connectivity index (χ2v) is 6.34. The van der Waals surface area contributed by atoms with E-state index >= 15 is 0 Å². The van der Waals surface area contributed by atoms with E-state index in [4.69, 9.17) is 10.00 Å². The first-order valence-electron chi connectivity index (χ1n) is 8.55. The molecule has 1 fully saturated rings. The summed E-state index contributed by atoms with van der Waals surface area (Å²) in [5, 5.41) is 26.6. The molecule has 8 heteroatoms. The lowest BCUT2D eigenvalue weighted by Crippen LogP contribution is -2.30. The third-order valence-corrected chi connectivity index (χ3v) is 4.71. The number of benzene rings is 1. The Morgan fingerprint density at radius 1 is 1.26 bits per heavy atom. The van der Waals surface area contributed by atoms with E-state index in [2.05, 4.69) is 27.5 Å². The number of aromatic amines is 1. The highest BCUT2D eigenvalue weighted by Crippen LogP contribution is 2.31. The molecular formula is C19H16N6O2. The smallest absolute Gasteiger partial charge is 0.261 e. The maximum Gasteiger partial charge on any atom is 0.261 e. The summed E-state index contributed by atoms with van der Waals surface area (Å²) in [4.78, 5) is 15.1. The van der Waals surface area contributed by atoms with Gasteiger partial charge in [0.05, 0.1) is 41.8 Å². The predicted octanol–water partition coefficient (Wildman–Crippen LogP) is 2.44. The summed E-state index contributed by atoms with van der Waals surface area (Å²) in [7, 11) is 0. The Hall–Kier alpha value is -3.62. The number of hydrogen-bond donors (Lipinski definition) is 2. The minimum Gasteiger partial charge on any atom is -0.379 e. The molecule has 0 saturated carbocycles. The summed E-state index contributed by atoms with van der Waals surface area (Å²) in [5.74, 6) is 0.169. The number of rotatable bonds is 3. The van der Waals surface area contributed by atoms with Crippen molar-refractivity contribution < 1.29 is 4.74 Å². The number of fused-ring (bicyclic) bond motifs is 1. The number of pyridine rings is 1. The lowest BCUT2D eigenvalue weighted by atomic mass is 9.96. The number of hydrogen-bond acceptors (Lipinski definition) is 6. The van der Waals surface area contributed by atoms with E-state index in [1.54, 1.807) is 41.2 Å². The highest BCUT2D eigenvalue weighted by atomic mass is 16.5. The molecule has 1 saturated heterocycles. The Morgan fingerprint density at radius 3 is 2.81 bits per heavy atom. The number of anilines is 2. The van der Waals surface area contributed by atoms with E-state index < -0.39 is 0 Å². The molecule has 8 nitrogen and oxygen atoms in total. The maximum absolute atomic E-state index is 12.4. The average Bonchev–Trinajstić information content (AvgIpc) is 3.08. The van der Waals surface area contributed by atoms with Gasteiger partial charge in [-0.1, -0.05) is 0 Å². The predicted molar refractivity (Wildman–Crippen MR) is 98.4 cm³/mol. The molecule has 3 aromatic rings. The van der Waals surface area contributed by atoms with Crippen molar-refractivity contribution in [3.8, 4) is 12.1 Å². The first kappa shape index (κ1) is 16.8.